The molecule has 22 heavy (non-hydrogen) atoms. The normalized spacial score (nSPS) is 24.5. The van der Waals surface area contributed by atoms with E-state index < -0.39 is 35.9 Å². The lowest BCUT2D eigenvalue weighted by atomic mass is 9.84. The third kappa shape index (κ3) is 3.23. The summed E-state index contributed by atoms with van der Waals surface area (Å²) in [5.74, 6) is -2.92. The zero-order valence-electron chi connectivity index (χ0n) is 11.9. The van der Waals surface area contributed by atoms with Crippen LogP contribution in [0.3, 0.4) is 0 Å². The number of alkyl halides is 1. The Morgan fingerprint density at radius 1 is 1.36 bits per heavy atom. The summed E-state index contributed by atoms with van der Waals surface area (Å²) in [6, 6.07) is -0.780. The van der Waals surface area contributed by atoms with Crippen molar-refractivity contribution < 1.29 is 23.9 Å². The van der Waals surface area contributed by atoms with E-state index in [1.165, 1.54) is 13.4 Å². The van der Waals surface area contributed by atoms with Gasteiger partial charge in [0.1, 0.15) is 11.9 Å². The SMILES string of the molecule is CNC(=O)c1[nH]cnc1C(=O)N[C@H]1CC[C@H](C(=O)O)C[C@H]1F. The molecule has 1 fully saturated rings. The summed E-state index contributed by atoms with van der Waals surface area (Å²) in [6.45, 7) is 0. The van der Waals surface area contributed by atoms with Crippen molar-refractivity contribution in [1.82, 2.24) is 20.6 Å². The largest absolute Gasteiger partial charge is 0.481 e. The molecule has 1 saturated carbocycles. The number of imidazole rings is 1. The number of hydrogen-bond acceptors (Lipinski definition) is 4. The van der Waals surface area contributed by atoms with Crippen molar-refractivity contribution in [2.45, 2.75) is 31.5 Å². The number of amides is 2. The minimum absolute atomic E-state index is 0.00497. The van der Waals surface area contributed by atoms with E-state index in [0.29, 0.717) is 6.42 Å². The van der Waals surface area contributed by atoms with Crippen LogP contribution in [0.1, 0.15) is 40.2 Å². The highest BCUT2D eigenvalue weighted by atomic mass is 19.1. The number of aliphatic carboxylic acids is 1. The first-order chi connectivity index (χ1) is 10.4. The van der Waals surface area contributed by atoms with Crippen LogP contribution in [0, 0.1) is 5.92 Å². The number of hydrogen-bond donors (Lipinski definition) is 4. The summed E-state index contributed by atoms with van der Waals surface area (Å²) >= 11 is 0. The Kier molecular flexibility index (Phi) is 4.74. The number of carbonyl (C=O) groups is 3. The van der Waals surface area contributed by atoms with Gasteiger partial charge >= 0.3 is 5.97 Å². The van der Waals surface area contributed by atoms with Crippen LogP contribution in [0.4, 0.5) is 4.39 Å². The number of aromatic amines is 1. The molecule has 0 aromatic carbocycles. The van der Waals surface area contributed by atoms with Crippen molar-refractivity contribution in [3.05, 3.63) is 17.7 Å². The first-order valence-corrected chi connectivity index (χ1v) is 6.87. The Morgan fingerprint density at radius 3 is 2.68 bits per heavy atom. The fraction of sp³-hybridized carbons (Fsp3) is 0.538. The van der Waals surface area contributed by atoms with Crippen LogP contribution in [0.5, 0.6) is 0 Å². The first-order valence-electron chi connectivity index (χ1n) is 6.87. The molecular weight excluding hydrogens is 295 g/mol. The minimum atomic E-state index is -1.44. The summed E-state index contributed by atoms with van der Waals surface area (Å²) in [4.78, 5) is 40.9. The van der Waals surface area contributed by atoms with E-state index >= 15 is 0 Å². The van der Waals surface area contributed by atoms with Crippen LogP contribution in [0.15, 0.2) is 6.33 Å². The molecule has 3 atom stereocenters. The van der Waals surface area contributed by atoms with Gasteiger partial charge in [0, 0.05) is 7.05 Å². The van der Waals surface area contributed by atoms with E-state index in [9.17, 15) is 18.8 Å². The maximum atomic E-state index is 14.0. The summed E-state index contributed by atoms with van der Waals surface area (Å²) in [5, 5.41) is 13.7. The van der Waals surface area contributed by atoms with Crippen LogP contribution in [-0.2, 0) is 4.79 Å². The highest BCUT2D eigenvalue weighted by molar-refractivity contribution is 6.04. The number of rotatable bonds is 4. The van der Waals surface area contributed by atoms with Gasteiger partial charge in [-0.05, 0) is 19.3 Å². The quantitative estimate of drug-likeness (QED) is 0.627. The van der Waals surface area contributed by atoms with Gasteiger partial charge in [0.15, 0.2) is 5.69 Å². The zero-order valence-corrected chi connectivity index (χ0v) is 11.9. The van der Waals surface area contributed by atoms with Crippen LogP contribution in [-0.4, -0.2) is 52.1 Å². The second kappa shape index (κ2) is 6.54. The number of H-pyrrole nitrogens is 1. The van der Waals surface area contributed by atoms with E-state index in [0.717, 1.165) is 0 Å². The highest BCUT2D eigenvalue weighted by Gasteiger charge is 2.35. The summed E-state index contributed by atoms with van der Waals surface area (Å²) in [5.41, 5.74) is -0.124. The number of carboxylic acids is 1. The van der Waals surface area contributed by atoms with Crippen molar-refractivity contribution in [1.29, 1.82) is 0 Å². The predicted octanol–water partition coefficient (Wildman–Crippen LogP) is 0.0905. The molecule has 1 aliphatic carbocycles. The van der Waals surface area contributed by atoms with E-state index in [-0.39, 0.29) is 24.2 Å². The van der Waals surface area contributed by atoms with Crippen LogP contribution >= 0.6 is 0 Å². The standard InChI is InChI=1S/C13H17FN4O4/c1-15-11(19)9-10(17-5-16-9)12(20)18-8-3-2-6(13(21)22)4-7(8)14/h5-8H,2-4H2,1H3,(H,15,19)(H,16,17)(H,18,20)(H,21,22)/t6-,7+,8-/m0/s1. The fourth-order valence-corrected chi connectivity index (χ4v) is 2.50. The molecule has 2 amide bonds. The summed E-state index contributed by atoms with van der Waals surface area (Å²) < 4.78 is 14.0. The maximum absolute atomic E-state index is 14.0. The van der Waals surface area contributed by atoms with Crippen LogP contribution in [0.25, 0.3) is 0 Å². The smallest absolute Gasteiger partial charge is 0.306 e. The zero-order chi connectivity index (χ0) is 16.3. The van der Waals surface area contributed by atoms with E-state index in [1.54, 1.807) is 0 Å². The van der Waals surface area contributed by atoms with Crippen molar-refractivity contribution in [2.24, 2.45) is 5.92 Å². The lowest BCUT2D eigenvalue weighted by Gasteiger charge is -2.30. The molecule has 9 heteroatoms. The average Bonchev–Trinajstić information content (AvgIpc) is 2.97. The molecule has 1 aromatic rings. The monoisotopic (exact) mass is 312 g/mol. The van der Waals surface area contributed by atoms with Gasteiger partial charge in [-0.25, -0.2) is 9.37 Å². The molecule has 0 radical (unpaired) electrons. The van der Waals surface area contributed by atoms with Gasteiger partial charge in [0.25, 0.3) is 11.8 Å². The Bertz CT molecular complexity index is 588. The second-order valence-corrected chi connectivity index (χ2v) is 5.15. The number of carbonyl (C=O) groups excluding carboxylic acids is 2. The van der Waals surface area contributed by atoms with Crippen LogP contribution < -0.4 is 10.6 Å². The lowest BCUT2D eigenvalue weighted by molar-refractivity contribution is -0.143. The Balaban J connectivity index is 2.03. The van der Waals surface area contributed by atoms with Crippen molar-refractivity contribution in [3.8, 4) is 0 Å². The molecule has 1 aromatic heterocycles. The average molecular weight is 312 g/mol. The molecule has 4 N–H and O–H groups in total. The van der Waals surface area contributed by atoms with E-state index in [1.807, 2.05) is 0 Å². The molecule has 1 aliphatic rings. The Hall–Kier alpha value is -2.45. The van der Waals surface area contributed by atoms with Crippen molar-refractivity contribution >= 4 is 17.8 Å². The van der Waals surface area contributed by atoms with Gasteiger partial charge in [-0.2, -0.15) is 0 Å². The van der Waals surface area contributed by atoms with Crippen molar-refractivity contribution in [2.75, 3.05) is 7.05 Å². The number of halogens is 1. The molecule has 0 saturated heterocycles. The molecule has 0 spiro atoms. The topological polar surface area (TPSA) is 124 Å². The molecule has 0 aliphatic heterocycles. The Labute approximate surface area is 125 Å². The number of aromatic nitrogens is 2. The van der Waals surface area contributed by atoms with Gasteiger partial charge in [-0.1, -0.05) is 0 Å². The number of carboxylic acid groups (broad SMARTS) is 1. The van der Waals surface area contributed by atoms with E-state index in [2.05, 4.69) is 20.6 Å². The van der Waals surface area contributed by atoms with Gasteiger partial charge in [-0.15, -0.1) is 0 Å². The first kappa shape index (κ1) is 15.9. The third-order valence-corrected chi connectivity index (χ3v) is 3.75. The molecule has 0 unspecified atom stereocenters. The van der Waals surface area contributed by atoms with Gasteiger partial charge in [-0.3, -0.25) is 14.4 Å². The van der Waals surface area contributed by atoms with Gasteiger partial charge in [0.05, 0.1) is 18.3 Å². The molecule has 120 valence electrons. The minimum Gasteiger partial charge on any atom is -0.481 e. The molecule has 2 rings (SSSR count). The number of nitrogens with one attached hydrogen (secondary N) is 3. The third-order valence-electron chi connectivity index (χ3n) is 3.75. The number of nitrogens with zero attached hydrogens (tertiary/aromatic N) is 1. The maximum Gasteiger partial charge on any atom is 0.306 e. The molecule has 0 bridgehead atoms. The Morgan fingerprint density at radius 2 is 2.09 bits per heavy atom. The lowest BCUT2D eigenvalue weighted by Crippen LogP contribution is -2.46. The molecule has 1 heterocycles. The second-order valence-electron chi connectivity index (χ2n) is 5.15. The van der Waals surface area contributed by atoms with E-state index in [4.69, 9.17) is 5.11 Å². The molecular formula is C13H17FN4O4. The summed E-state index contributed by atoms with van der Waals surface area (Å²) in [6.07, 6.45) is 0.144. The van der Waals surface area contributed by atoms with Crippen LogP contribution in [0.2, 0.25) is 0 Å². The van der Waals surface area contributed by atoms with Gasteiger partial charge < -0.3 is 20.7 Å². The van der Waals surface area contributed by atoms with Gasteiger partial charge in [0.2, 0.25) is 0 Å². The predicted molar refractivity (Wildman–Crippen MR) is 73.1 cm³/mol. The highest BCUT2D eigenvalue weighted by Crippen LogP contribution is 2.27. The van der Waals surface area contributed by atoms with Crippen molar-refractivity contribution in [3.63, 3.8) is 0 Å². The fourth-order valence-electron chi connectivity index (χ4n) is 2.50. The summed E-state index contributed by atoms with van der Waals surface area (Å²) in [7, 11) is 1.41. The molecule has 8 nitrogen and oxygen atoms in total.